The van der Waals surface area contributed by atoms with Crippen molar-refractivity contribution in [2.75, 3.05) is 13.2 Å². The topological polar surface area (TPSA) is 44.8 Å². The highest BCUT2D eigenvalue weighted by Crippen LogP contribution is 2.25. The van der Waals surface area contributed by atoms with Crippen molar-refractivity contribution in [1.82, 2.24) is 0 Å². The summed E-state index contributed by atoms with van der Waals surface area (Å²) in [7, 11) is -1.76. The number of carbonyl (C=O) groups is 1. The predicted molar refractivity (Wildman–Crippen MR) is 104 cm³/mol. The van der Waals surface area contributed by atoms with Crippen LogP contribution in [0, 0.1) is 0 Å². The van der Waals surface area contributed by atoms with Gasteiger partial charge in [0.15, 0.2) is 8.32 Å². The molecule has 0 heterocycles. The molecule has 142 valence electrons. The minimum atomic E-state index is -1.76. The van der Waals surface area contributed by atoms with Crippen molar-refractivity contribution in [2.45, 2.75) is 71.4 Å². The molecule has 1 atom stereocenters. The van der Waals surface area contributed by atoms with Gasteiger partial charge in [0.1, 0.15) is 0 Å². The van der Waals surface area contributed by atoms with E-state index in [1.54, 1.807) is 0 Å². The van der Waals surface area contributed by atoms with Crippen LogP contribution in [0.15, 0.2) is 30.3 Å². The minimum absolute atomic E-state index is 0.110. The summed E-state index contributed by atoms with van der Waals surface area (Å²) in [6.07, 6.45) is 0.929. The first-order valence-corrected chi connectivity index (χ1v) is 12.1. The van der Waals surface area contributed by atoms with Crippen LogP contribution < -0.4 is 0 Å². The highest BCUT2D eigenvalue weighted by molar-refractivity contribution is 6.73. The summed E-state index contributed by atoms with van der Waals surface area (Å²) in [6, 6.07) is 13.3. The molecule has 0 saturated carbocycles. The van der Waals surface area contributed by atoms with Gasteiger partial charge < -0.3 is 13.9 Å². The molecule has 0 aliphatic heterocycles. The van der Waals surface area contributed by atoms with Gasteiger partial charge in [0.25, 0.3) is 0 Å². The zero-order valence-electron chi connectivity index (χ0n) is 16.3. The molecule has 0 fully saturated rings. The van der Waals surface area contributed by atoms with Crippen molar-refractivity contribution in [2.24, 2.45) is 0 Å². The average molecular weight is 367 g/mol. The van der Waals surface area contributed by atoms with Gasteiger partial charge in [-0.1, -0.05) is 51.1 Å². The zero-order valence-corrected chi connectivity index (χ0v) is 17.3. The number of rotatable bonds is 13. The summed E-state index contributed by atoms with van der Waals surface area (Å²) in [5, 5.41) is 0. The van der Waals surface area contributed by atoms with Gasteiger partial charge in [0, 0.05) is 6.61 Å². The predicted octanol–water partition coefficient (Wildman–Crippen LogP) is 4.94. The van der Waals surface area contributed by atoms with Crippen molar-refractivity contribution >= 4 is 14.3 Å². The van der Waals surface area contributed by atoms with Gasteiger partial charge in [-0.05, 0) is 37.0 Å². The molecule has 0 spiro atoms. The maximum atomic E-state index is 11.9. The van der Waals surface area contributed by atoms with Gasteiger partial charge in [-0.3, -0.25) is 4.79 Å². The lowest BCUT2D eigenvalue weighted by Crippen LogP contribution is -2.41. The highest BCUT2D eigenvalue weighted by atomic mass is 28.4. The van der Waals surface area contributed by atoms with E-state index in [4.69, 9.17) is 13.9 Å². The number of ether oxygens (including phenoxy) is 2. The molecule has 1 aromatic rings. The van der Waals surface area contributed by atoms with Crippen LogP contribution in [0.1, 0.15) is 46.1 Å². The molecule has 0 radical (unpaired) electrons. The van der Waals surface area contributed by atoms with Crippen molar-refractivity contribution < 1.29 is 18.7 Å². The van der Waals surface area contributed by atoms with Crippen LogP contribution in [0.5, 0.6) is 0 Å². The Balaban J connectivity index is 2.56. The molecule has 4 nitrogen and oxygen atoms in total. The molecule has 0 N–H and O–H groups in total. The van der Waals surface area contributed by atoms with E-state index in [2.05, 4.69) is 32.9 Å². The van der Waals surface area contributed by atoms with Gasteiger partial charge in [0.2, 0.25) is 0 Å². The third-order valence-electron chi connectivity index (χ3n) is 4.75. The van der Waals surface area contributed by atoms with Crippen LogP contribution >= 0.6 is 0 Å². The Morgan fingerprint density at radius 1 is 1.04 bits per heavy atom. The third-order valence-corrected chi connectivity index (χ3v) is 9.44. The van der Waals surface area contributed by atoms with E-state index in [0.717, 1.165) is 30.1 Å². The van der Waals surface area contributed by atoms with Crippen molar-refractivity contribution in [3.63, 3.8) is 0 Å². The minimum Gasteiger partial charge on any atom is -0.466 e. The molecule has 25 heavy (non-hydrogen) atoms. The maximum absolute atomic E-state index is 11.9. The first kappa shape index (κ1) is 21.9. The third kappa shape index (κ3) is 8.16. The number of hydrogen-bond acceptors (Lipinski definition) is 4. The number of carbonyl (C=O) groups excluding carboxylic acids is 1. The number of hydrogen-bond donors (Lipinski definition) is 0. The number of benzene rings is 1. The van der Waals surface area contributed by atoms with E-state index in [1.165, 1.54) is 0 Å². The van der Waals surface area contributed by atoms with E-state index >= 15 is 0 Å². The summed E-state index contributed by atoms with van der Waals surface area (Å²) in [6.45, 7) is 10.0. The van der Waals surface area contributed by atoms with Gasteiger partial charge in [-0.15, -0.1) is 0 Å². The molecule has 0 aromatic heterocycles. The monoisotopic (exact) mass is 366 g/mol. The van der Waals surface area contributed by atoms with Crippen molar-refractivity contribution in [1.29, 1.82) is 0 Å². The van der Waals surface area contributed by atoms with E-state index in [-0.39, 0.29) is 12.1 Å². The second-order valence-corrected chi connectivity index (χ2v) is 11.0. The average Bonchev–Trinajstić information content (AvgIpc) is 2.64. The summed E-state index contributed by atoms with van der Waals surface area (Å²) in [4.78, 5) is 11.9. The van der Waals surface area contributed by atoms with Gasteiger partial charge >= 0.3 is 5.97 Å². The van der Waals surface area contributed by atoms with E-state index in [9.17, 15) is 4.79 Å². The Labute approximate surface area is 154 Å². The van der Waals surface area contributed by atoms with Crippen LogP contribution in [-0.4, -0.2) is 33.6 Å². The van der Waals surface area contributed by atoms with E-state index in [0.29, 0.717) is 26.2 Å². The molecule has 0 amide bonds. The van der Waals surface area contributed by atoms with Crippen molar-refractivity contribution in [3.8, 4) is 0 Å². The summed E-state index contributed by atoms with van der Waals surface area (Å²) in [5.41, 5.74) is 1.16. The molecular weight excluding hydrogens is 332 g/mol. The van der Waals surface area contributed by atoms with Gasteiger partial charge in [-0.25, -0.2) is 0 Å². The molecule has 0 bridgehead atoms. The first-order chi connectivity index (χ1) is 12.1. The SMILES string of the molecule is CCOC(=O)C[C@H](CCOCc1ccccc1)O[Si](CC)(CC)CC. The van der Waals surface area contributed by atoms with Crippen LogP contribution in [0.3, 0.4) is 0 Å². The zero-order chi connectivity index (χ0) is 18.5. The smallest absolute Gasteiger partial charge is 0.308 e. The van der Waals surface area contributed by atoms with Gasteiger partial charge in [-0.2, -0.15) is 0 Å². The molecular formula is C20H34O4Si. The van der Waals surface area contributed by atoms with Crippen LogP contribution in [0.4, 0.5) is 0 Å². The fourth-order valence-electron chi connectivity index (χ4n) is 2.94. The standard InChI is InChI=1S/C20H34O4Si/c1-5-23-20(21)16-19(24-25(6-2,7-3)8-4)14-15-22-17-18-12-10-9-11-13-18/h9-13,19H,5-8,14-17H2,1-4H3/t19-/m0/s1. The summed E-state index contributed by atoms with van der Waals surface area (Å²) >= 11 is 0. The Morgan fingerprint density at radius 2 is 1.68 bits per heavy atom. The summed E-state index contributed by atoms with van der Waals surface area (Å²) < 4.78 is 17.4. The lowest BCUT2D eigenvalue weighted by molar-refractivity contribution is -0.145. The van der Waals surface area contributed by atoms with E-state index in [1.807, 2.05) is 25.1 Å². The Bertz CT molecular complexity index is 466. The Morgan fingerprint density at radius 3 is 2.24 bits per heavy atom. The Kier molecular flexibility index (Phi) is 10.7. The fourth-order valence-corrected chi connectivity index (χ4v) is 5.85. The molecule has 5 heteroatoms. The molecule has 0 unspecified atom stereocenters. The largest absolute Gasteiger partial charge is 0.466 e. The van der Waals surface area contributed by atoms with E-state index < -0.39 is 8.32 Å². The second-order valence-electron chi connectivity index (χ2n) is 6.32. The van der Waals surface area contributed by atoms with Gasteiger partial charge in [0.05, 0.1) is 25.7 Å². The summed E-state index contributed by atoms with van der Waals surface area (Å²) in [5.74, 6) is -0.179. The fraction of sp³-hybridized carbons (Fsp3) is 0.650. The quantitative estimate of drug-likeness (QED) is 0.282. The highest BCUT2D eigenvalue weighted by Gasteiger charge is 2.32. The molecule has 0 aliphatic rings. The molecule has 0 saturated heterocycles. The normalized spacial score (nSPS) is 12.8. The lowest BCUT2D eigenvalue weighted by Gasteiger charge is -2.33. The molecule has 1 aromatic carbocycles. The molecule has 1 rings (SSSR count). The number of esters is 1. The van der Waals surface area contributed by atoms with Crippen molar-refractivity contribution in [3.05, 3.63) is 35.9 Å². The Hall–Kier alpha value is -1.17. The lowest BCUT2D eigenvalue weighted by atomic mass is 10.2. The van der Waals surface area contributed by atoms with Crippen LogP contribution in [0.2, 0.25) is 18.1 Å². The van der Waals surface area contributed by atoms with Crippen LogP contribution in [0.25, 0.3) is 0 Å². The maximum Gasteiger partial charge on any atom is 0.308 e. The second kappa shape index (κ2) is 12.2. The molecule has 0 aliphatic carbocycles. The van der Waals surface area contributed by atoms with Crippen LogP contribution in [-0.2, 0) is 25.3 Å². The first-order valence-electron chi connectivity index (χ1n) is 9.54.